The number of hydrogen-bond acceptors (Lipinski definition) is 5. The van der Waals surface area contributed by atoms with E-state index in [1.54, 1.807) is 12.3 Å². The van der Waals surface area contributed by atoms with E-state index >= 15 is 0 Å². The highest BCUT2D eigenvalue weighted by molar-refractivity contribution is 5.70. The number of rotatable bonds is 7. The lowest BCUT2D eigenvalue weighted by Crippen LogP contribution is -2.28. The van der Waals surface area contributed by atoms with Gasteiger partial charge in [-0.3, -0.25) is 4.79 Å². The molecule has 112 valence electrons. The van der Waals surface area contributed by atoms with Crippen LogP contribution in [0, 0.1) is 11.3 Å². The fourth-order valence-electron chi connectivity index (χ4n) is 1.86. The number of carbonyl (C=O) groups is 1. The van der Waals surface area contributed by atoms with Crippen molar-refractivity contribution in [3.63, 3.8) is 0 Å². The van der Waals surface area contributed by atoms with Gasteiger partial charge in [-0.25, -0.2) is 4.98 Å². The lowest BCUT2D eigenvalue weighted by atomic mass is 9.84. The van der Waals surface area contributed by atoms with E-state index in [0.29, 0.717) is 31.4 Å². The van der Waals surface area contributed by atoms with Crippen LogP contribution in [0.5, 0.6) is 5.88 Å². The van der Waals surface area contributed by atoms with Gasteiger partial charge in [0.25, 0.3) is 0 Å². The molecule has 0 saturated carbocycles. The van der Waals surface area contributed by atoms with Crippen molar-refractivity contribution in [2.45, 2.75) is 34.1 Å². The topological polar surface area (TPSA) is 84.3 Å². The Morgan fingerprint density at radius 3 is 2.75 bits per heavy atom. The van der Waals surface area contributed by atoms with Crippen LogP contribution in [0.15, 0.2) is 12.3 Å². The molecule has 0 fully saturated rings. The number of nitrogens with zero attached hydrogens (tertiary/aromatic N) is 2. The second-order valence-corrected chi connectivity index (χ2v) is 5.83. The van der Waals surface area contributed by atoms with Crippen LogP contribution < -0.4 is 10.1 Å². The summed E-state index contributed by atoms with van der Waals surface area (Å²) in [6, 6.07) is 1.67. The molecule has 0 aliphatic carbocycles. The van der Waals surface area contributed by atoms with Crippen molar-refractivity contribution < 1.29 is 14.6 Å². The van der Waals surface area contributed by atoms with Crippen molar-refractivity contribution in [1.29, 1.82) is 0 Å². The summed E-state index contributed by atoms with van der Waals surface area (Å²) in [4.78, 5) is 19.5. The molecule has 0 saturated heterocycles. The molecule has 1 atom stereocenters. The first-order valence-corrected chi connectivity index (χ1v) is 6.74. The van der Waals surface area contributed by atoms with E-state index in [0.717, 1.165) is 0 Å². The first kappa shape index (κ1) is 16.2. The van der Waals surface area contributed by atoms with Crippen LogP contribution in [0.2, 0.25) is 0 Å². The smallest absolute Gasteiger partial charge is 0.308 e. The van der Waals surface area contributed by atoms with E-state index in [9.17, 15) is 9.90 Å². The van der Waals surface area contributed by atoms with Crippen LogP contribution >= 0.6 is 0 Å². The molecular formula is C14H23N3O3. The van der Waals surface area contributed by atoms with Gasteiger partial charge in [0.05, 0.1) is 12.5 Å². The maximum atomic E-state index is 11.3. The minimum atomic E-state index is -0.812. The molecule has 1 rings (SSSR count). The third kappa shape index (κ3) is 5.86. The van der Waals surface area contributed by atoms with E-state index in [-0.39, 0.29) is 5.41 Å². The number of aliphatic carboxylic acids is 1. The number of nitrogens with one attached hydrogen (secondary N) is 1. The molecule has 1 aromatic heterocycles. The Balaban J connectivity index is 2.63. The Labute approximate surface area is 119 Å². The summed E-state index contributed by atoms with van der Waals surface area (Å²) in [6.45, 7) is 8.76. The van der Waals surface area contributed by atoms with Crippen LogP contribution in [0.4, 0.5) is 5.95 Å². The van der Waals surface area contributed by atoms with E-state index < -0.39 is 11.9 Å². The Morgan fingerprint density at radius 1 is 1.50 bits per heavy atom. The van der Waals surface area contributed by atoms with Gasteiger partial charge >= 0.3 is 5.97 Å². The van der Waals surface area contributed by atoms with E-state index in [1.807, 2.05) is 27.7 Å². The van der Waals surface area contributed by atoms with Gasteiger partial charge < -0.3 is 15.2 Å². The van der Waals surface area contributed by atoms with Gasteiger partial charge in [0.1, 0.15) is 0 Å². The summed E-state index contributed by atoms with van der Waals surface area (Å²) in [5, 5.41) is 12.2. The largest absolute Gasteiger partial charge is 0.481 e. The van der Waals surface area contributed by atoms with Crippen LogP contribution in [0.1, 0.15) is 34.1 Å². The molecule has 0 amide bonds. The lowest BCUT2D eigenvalue weighted by Gasteiger charge is -2.23. The Bertz CT molecular complexity index is 444. The third-order valence-corrected chi connectivity index (χ3v) is 2.64. The number of aromatic nitrogens is 2. The first-order valence-electron chi connectivity index (χ1n) is 6.74. The zero-order chi connectivity index (χ0) is 15.2. The third-order valence-electron chi connectivity index (χ3n) is 2.64. The van der Waals surface area contributed by atoms with Crippen molar-refractivity contribution in [2.75, 3.05) is 18.5 Å². The SMILES string of the molecule is CCOc1ccnc(NCC(CC(C)(C)C)C(=O)O)n1. The van der Waals surface area contributed by atoms with E-state index in [1.165, 1.54) is 0 Å². The highest BCUT2D eigenvalue weighted by Crippen LogP contribution is 2.24. The molecule has 1 unspecified atom stereocenters. The summed E-state index contributed by atoms with van der Waals surface area (Å²) in [5.41, 5.74) is -0.0429. The second kappa shape index (κ2) is 7.07. The number of hydrogen-bond donors (Lipinski definition) is 2. The van der Waals surface area contributed by atoms with Gasteiger partial charge in [-0.2, -0.15) is 4.98 Å². The maximum Gasteiger partial charge on any atom is 0.308 e. The minimum Gasteiger partial charge on any atom is -0.481 e. The minimum absolute atomic E-state index is 0.0429. The van der Waals surface area contributed by atoms with Gasteiger partial charge in [0, 0.05) is 18.8 Å². The fourth-order valence-corrected chi connectivity index (χ4v) is 1.86. The molecule has 0 aromatic carbocycles. The van der Waals surface area contributed by atoms with Crippen LogP contribution in [-0.2, 0) is 4.79 Å². The number of carboxylic acid groups (broad SMARTS) is 1. The molecular weight excluding hydrogens is 258 g/mol. The molecule has 2 N–H and O–H groups in total. The second-order valence-electron chi connectivity index (χ2n) is 5.83. The predicted molar refractivity (Wildman–Crippen MR) is 76.9 cm³/mol. The van der Waals surface area contributed by atoms with Gasteiger partial charge in [0.2, 0.25) is 11.8 Å². The normalized spacial score (nSPS) is 12.8. The van der Waals surface area contributed by atoms with Gasteiger partial charge in [0.15, 0.2) is 0 Å². The highest BCUT2D eigenvalue weighted by atomic mass is 16.5. The monoisotopic (exact) mass is 281 g/mol. The Hall–Kier alpha value is -1.85. The fraction of sp³-hybridized carbons (Fsp3) is 0.643. The quantitative estimate of drug-likeness (QED) is 0.798. The molecule has 20 heavy (non-hydrogen) atoms. The summed E-state index contributed by atoms with van der Waals surface area (Å²) < 4.78 is 5.27. The molecule has 6 heteroatoms. The Morgan fingerprint density at radius 2 is 2.20 bits per heavy atom. The number of carboxylic acids is 1. The number of ether oxygens (including phenoxy) is 1. The molecule has 0 aliphatic rings. The predicted octanol–water partition coefficient (Wildman–Crippen LogP) is 2.42. The molecule has 0 bridgehead atoms. The maximum absolute atomic E-state index is 11.3. The first-order chi connectivity index (χ1) is 9.31. The zero-order valence-corrected chi connectivity index (χ0v) is 12.5. The van der Waals surface area contributed by atoms with E-state index in [4.69, 9.17) is 4.74 Å². The molecule has 0 radical (unpaired) electrons. The standard InChI is InChI=1S/C14H23N3O3/c1-5-20-11-6-7-15-13(17-11)16-9-10(12(18)19)8-14(2,3)4/h6-7,10H,5,8-9H2,1-4H3,(H,18,19)(H,15,16,17). The summed E-state index contributed by atoms with van der Waals surface area (Å²) in [7, 11) is 0. The van der Waals surface area contributed by atoms with Crippen molar-refractivity contribution in [3.05, 3.63) is 12.3 Å². The molecule has 0 spiro atoms. The average Bonchev–Trinajstić information content (AvgIpc) is 2.34. The molecule has 0 aliphatic heterocycles. The van der Waals surface area contributed by atoms with Crippen molar-refractivity contribution in [1.82, 2.24) is 9.97 Å². The van der Waals surface area contributed by atoms with Gasteiger partial charge in [-0.15, -0.1) is 0 Å². The lowest BCUT2D eigenvalue weighted by molar-refractivity contribution is -0.142. The van der Waals surface area contributed by atoms with Gasteiger partial charge in [-0.05, 0) is 18.8 Å². The summed E-state index contributed by atoms with van der Waals surface area (Å²) in [6.07, 6.45) is 2.17. The van der Waals surface area contributed by atoms with Crippen molar-refractivity contribution >= 4 is 11.9 Å². The van der Waals surface area contributed by atoms with Crippen molar-refractivity contribution in [3.8, 4) is 5.88 Å². The van der Waals surface area contributed by atoms with Crippen LogP contribution in [-0.4, -0.2) is 34.2 Å². The van der Waals surface area contributed by atoms with E-state index in [2.05, 4.69) is 15.3 Å². The van der Waals surface area contributed by atoms with Crippen molar-refractivity contribution in [2.24, 2.45) is 11.3 Å². The Kier molecular flexibility index (Phi) is 5.73. The summed E-state index contributed by atoms with van der Waals surface area (Å²) >= 11 is 0. The molecule has 1 heterocycles. The average molecular weight is 281 g/mol. The summed E-state index contributed by atoms with van der Waals surface area (Å²) in [5.74, 6) is -0.424. The van der Waals surface area contributed by atoms with Gasteiger partial charge in [-0.1, -0.05) is 20.8 Å². The highest BCUT2D eigenvalue weighted by Gasteiger charge is 2.24. The molecule has 1 aromatic rings. The number of anilines is 1. The van der Waals surface area contributed by atoms with Crippen LogP contribution in [0.3, 0.4) is 0 Å². The zero-order valence-electron chi connectivity index (χ0n) is 12.5. The van der Waals surface area contributed by atoms with Crippen LogP contribution in [0.25, 0.3) is 0 Å². The molecule has 6 nitrogen and oxygen atoms in total.